The van der Waals surface area contributed by atoms with E-state index in [0.29, 0.717) is 23.0 Å². The molecular formula is C14H16N2O4. The van der Waals surface area contributed by atoms with Crippen molar-refractivity contribution < 1.29 is 19.4 Å². The fourth-order valence-corrected chi connectivity index (χ4v) is 2.01. The first kappa shape index (κ1) is 13.9. The SMILES string of the molecule is COc1ccc(-c2ncc(CC(=O)O)n2C)cc1OC. The summed E-state index contributed by atoms with van der Waals surface area (Å²) in [6.45, 7) is 0. The lowest BCUT2D eigenvalue weighted by atomic mass is 10.2. The van der Waals surface area contributed by atoms with E-state index in [1.54, 1.807) is 38.1 Å². The average molecular weight is 276 g/mol. The van der Waals surface area contributed by atoms with Crippen LogP contribution in [-0.4, -0.2) is 34.8 Å². The van der Waals surface area contributed by atoms with Crippen molar-refractivity contribution in [1.29, 1.82) is 0 Å². The lowest BCUT2D eigenvalue weighted by Gasteiger charge is -2.10. The average Bonchev–Trinajstić information content (AvgIpc) is 2.79. The molecule has 6 heteroatoms. The fraction of sp³-hybridized carbons (Fsp3) is 0.286. The third-order valence-electron chi connectivity index (χ3n) is 3.06. The summed E-state index contributed by atoms with van der Waals surface area (Å²) in [5, 5.41) is 8.84. The summed E-state index contributed by atoms with van der Waals surface area (Å²) in [5.41, 5.74) is 1.48. The van der Waals surface area contributed by atoms with Crippen LogP contribution in [0.25, 0.3) is 11.4 Å². The molecule has 0 spiro atoms. The van der Waals surface area contributed by atoms with E-state index in [9.17, 15) is 4.79 Å². The molecule has 0 amide bonds. The van der Waals surface area contributed by atoms with Crippen LogP contribution in [0.5, 0.6) is 11.5 Å². The van der Waals surface area contributed by atoms with E-state index >= 15 is 0 Å². The standard InChI is InChI=1S/C14H16N2O4/c1-16-10(7-13(17)18)8-15-14(16)9-4-5-11(19-2)12(6-9)20-3/h4-6,8H,7H2,1-3H3,(H,17,18). The molecule has 2 aromatic rings. The van der Waals surface area contributed by atoms with Gasteiger partial charge in [-0.05, 0) is 18.2 Å². The van der Waals surface area contributed by atoms with E-state index in [-0.39, 0.29) is 6.42 Å². The molecule has 1 heterocycles. The van der Waals surface area contributed by atoms with Gasteiger partial charge in [-0.15, -0.1) is 0 Å². The Morgan fingerprint density at radius 1 is 1.30 bits per heavy atom. The molecule has 6 nitrogen and oxygen atoms in total. The highest BCUT2D eigenvalue weighted by Crippen LogP contribution is 2.31. The Morgan fingerprint density at radius 2 is 2.00 bits per heavy atom. The monoisotopic (exact) mass is 276 g/mol. The van der Waals surface area contributed by atoms with Crippen LogP contribution >= 0.6 is 0 Å². The molecule has 0 aliphatic heterocycles. The summed E-state index contributed by atoms with van der Waals surface area (Å²) in [7, 11) is 4.93. The Labute approximate surface area is 116 Å². The minimum atomic E-state index is -0.883. The summed E-state index contributed by atoms with van der Waals surface area (Å²) in [5.74, 6) is 1.04. The van der Waals surface area contributed by atoms with Crippen LogP contribution in [0.2, 0.25) is 0 Å². The normalized spacial score (nSPS) is 10.3. The predicted molar refractivity (Wildman–Crippen MR) is 73.1 cm³/mol. The predicted octanol–water partition coefficient (Wildman–Crippen LogP) is 1.73. The fourth-order valence-electron chi connectivity index (χ4n) is 2.01. The second-order valence-corrected chi connectivity index (χ2v) is 4.27. The molecule has 0 saturated heterocycles. The number of imidazole rings is 1. The number of carboxylic acids is 1. The van der Waals surface area contributed by atoms with Gasteiger partial charge in [0.1, 0.15) is 5.82 Å². The molecule has 0 atom stereocenters. The Kier molecular flexibility index (Phi) is 3.93. The van der Waals surface area contributed by atoms with E-state index in [1.807, 2.05) is 12.1 Å². The first-order valence-electron chi connectivity index (χ1n) is 6.01. The van der Waals surface area contributed by atoms with Crippen molar-refractivity contribution in [2.75, 3.05) is 14.2 Å². The van der Waals surface area contributed by atoms with Gasteiger partial charge in [0.25, 0.3) is 0 Å². The first-order chi connectivity index (χ1) is 9.56. The number of aliphatic carboxylic acids is 1. The number of nitrogens with zero attached hydrogens (tertiary/aromatic N) is 2. The van der Waals surface area contributed by atoms with Crippen molar-refractivity contribution in [2.45, 2.75) is 6.42 Å². The number of aromatic nitrogens is 2. The largest absolute Gasteiger partial charge is 0.493 e. The summed E-state index contributed by atoms with van der Waals surface area (Å²) in [6.07, 6.45) is 1.51. The smallest absolute Gasteiger partial charge is 0.309 e. The van der Waals surface area contributed by atoms with Gasteiger partial charge >= 0.3 is 5.97 Å². The van der Waals surface area contributed by atoms with Crippen molar-refractivity contribution in [3.63, 3.8) is 0 Å². The Balaban J connectivity index is 2.41. The van der Waals surface area contributed by atoms with Gasteiger partial charge < -0.3 is 19.1 Å². The highest BCUT2D eigenvalue weighted by Gasteiger charge is 2.13. The molecule has 1 aromatic heterocycles. The topological polar surface area (TPSA) is 73.6 Å². The van der Waals surface area contributed by atoms with Gasteiger partial charge in [-0.2, -0.15) is 0 Å². The molecule has 0 fully saturated rings. The molecule has 0 bridgehead atoms. The Bertz CT molecular complexity index is 634. The van der Waals surface area contributed by atoms with Crippen molar-refractivity contribution in [2.24, 2.45) is 7.05 Å². The van der Waals surface area contributed by atoms with E-state index in [1.165, 1.54) is 0 Å². The lowest BCUT2D eigenvalue weighted by molar-refractivity contribution is -0.136. The van der Waals surface area contributed by atoms with E-state index in [4.69, 9.17) is 14.6 Å². The van der Waals surface area contributed by atoms with Crippen molar-refractivity contribution in [1.82, 2.24) is 9.55 Å². The van der Waals surface area contributed by atoms with Crippen LogP contribution in [-0.2, 0) is 18.3 Å². The van der Waals surface area contributed by atoms with Crippen molar-refractivity contribution in [3.05, 3.63) is 30.1 Å². The number of ether oxygens (including phenoxy) is 2. The van der Waals surface area contributed by atoms with Gasteiger partial charge in [0, 0.05) is 24.5 Å². The number of carbonyl (C=O) groups is 1. The van der Waals surface area contributed by atoms with Gasteiger partial charge in [0.15, 0.2) is 11.5 Å². The van der Waals surface area contributed by atoms with E-state index in [0.717, 1.165) is 5.56 Å². The summed E-state index contributed by atoms with van der Waals surface area (Å²) >= 11 is 0. The number of rotatable bonds is 5. The maximum Gasteiger partial charge on any atom is 0.309 e. The zero-order valence-corrected chi connectivity index (χ0v) is 11.6. The van der Waals surface area contributed by atoms with Crippen LogP contribution in [0, 0.1) is 0 Å². The Morgan fingerprint density at radius 3 is 2.60 bits per heavy atom. The van der Waals surface area contributed by atoms with Crippen LogP contribution in [0.4, 0.5) is 0 Å². The quantitative estimate of drug-likeness (QED) is 0.900. The maximum absolute atomic E-state index is 10.8. The lowest BCUT2D eigenvalue weighted by Crippen LogP contribution is -2.05. The Hall–Kier alpha value is -2.50. The van der Waals surface area contributed by atoms with Gasteiger partial charge in [0.05, 0.1) is 20.6 Å². The number of methoxy groups -OCH3 is 2. The molecule has 106 valence electrons. The van der Waals surface area contributed by atoms with Gasteiger partial charge in [-0.25, -0.2) is 4.98 Å². The molecule has 20 heavy (non-hydrogen) atoms. The number of benzene rings is 1. The number of hydrogen-bond donors (Lipinski definition) is 1. The second-order valence-electron chi connectivity index (χ2n) is 4.27. The third-order valence-corrected chi connectivity index (χ3v) is 3.06. The molecule has 1 aromatic carbocycles. The van der Waals surface area contributed by atoms with E-state index in [2.05, 4.69) is 4.98 Å². The highest BCUT2D eigenvalue weighted by atomic mass is 16.5. The zero-order valence-electron chi connectivity index (χ0n) is 11.6. The maximum atomic E-state index is 10.8. The summed E-state index contributed by atoms with van der Waals surface area (Å²) < 4.78 is 12.2. The van der Waals surface area contributed by atoms with Gasteiger partial charge in [-0.3, -0.25) is 4.79 Å². The third kappa shape index (κ3) is 2.59. The van der Waals surface area contributed by atoms with Crippen molar-refractivity contribution in [3.8, 4) is 22.9 Å². The molecule has 0 aliphatic carbocycles. The van der Waals surface area contributed by atoms with Crippen LogP contribution in [0.15, 0.2) is 24.4 Å². The van der Waals surface area contributed by atoms with Gasteiger partial charge in [0.2, 0.25) is 0 Å². The van der Waals surface area contributed by atoms with Crippen LogP contribution in [0.3, 0.4) is 0 Å². The molecule has 0 radical (unpaired) electrons. The second kappa shape index (κ2) is 5.64. The minimum Gasteiger partial charge on any atom is -0.493 e. The van der Waals surface area contributed by atoms with Crippen LogP contribution < -0.4 is 9.47 Å². The zero-order chi connectivity index (χ0) is 14.7. The molecule has 1 N–H and O–H groups in total. The summed E-state index contributed by atoms with van der Waals surface area (Å²) in [6, 6.07) is 5.46. The van der Waals surface area contributed by atoms with Crippen LogP contribution in [0.1, 0.15) is 5.69 Å². The molecule has 0 aliphatic rings. The van der Waals surface area contributed by atoms with Crippen molar-refractivity contribution >= 4 is 5.97 Å². The van der Waals surface area contributed by atoms with Gasteiger partial charge in [-0.1, -0.05) is 0 Å². The first-order valence-corrected chi connectivity index (χ1v) is 6.01. The summed E-state index contributed by atoms with van der Waals surface area (Å²) in [4.78, 5) is 15.0. The number of hydrogen-bond acceptors (Lipinski definition) is 4. The highest BCUT2D eigenvalue weighted by molar-refractivity contribution is 5.70. The minimum absolute atomic E-state index is 0.0587. The molecule has 0 saturated carbocycles. The molecule has 2 rings (SSSR count). The number of carboxylic acid groups (broad SMARTS) is 1. The van der Waals surface area contributed by atoms with E-state index < -0.39 is 5.97 Å². The molecule has 0 unspecified atom stereocenters. The molecular weight excluding hydrogens is 260 g/mol.